The Morgan fingerprint density at radius 1 is 1.14 bits per heavy atom. The SMILES string of the molecule is Cc1ccc([C@@H](O)COC(=O)/C=C/c2ccccc2)cc1. The van der Waals surface area contributed by atoms with Gasteiger partial charge in [0, 0.05) is 6.08 Å². The van der Waals surface area contributed by atoms with Crippen molar-refractivity contribution >= 4 is 12.0 Å². The van der Waals surface area contributed by atoms with E-state index >= 15 is 0 Å². The molecule has 0 heterocycles. The van der Waals surface area contributed by atoms with Crippen molar-refractivity contribution < 1.29 is 14.6 Å². The number of hydrogen-bond acceptors (Lipinski definition) is 3. The summed E-state index contributed by atoms with van der Waals surface area (Å²) < 4.78 is 5.03. The van der Waals surface area contributed by atoms with Crippen LogP contribution in [0.1, 0.15) is 22.8 Å². The molecule has 1 N–H and O–H groups in total. The van der Waals surface area contributed by atoms with Crippen LogP contribution in [0.3, 0.4) is 0 Å². The molecule has 0 unspecified atom stereocenters. The van der Waals surface area contributed by atoms with Crippen molar-refractivity contribution in [1.29, 1.82) is 0 Å². The van der Waals surface area contributed by atoms with Gasteiger partial charge in [-0.2, -0.15) is 0 Å². The molecule has 0 bridgehead atoms. The predicted molar refractivity (Wildman–Crippen MR) is 82.6 cm³/mol. The van der Waals surface area contributed by atoms with Gasteiger partial charge < -0.3 is 9.84 Å². The minimum absolute atomic E-state index is 0.0545. The summed E-state index contributed by atoms with van der Waals surface area (Å²) in [6.45, 7) is 1.92. The van der Waals surface area contributed by atoms with E-state index in [0.717, 1.165) is 16.7 Å². The molecule has 0 aliphatic carbocycles. The van der Waals surface area contributed by atoms with Gasteiger partial charge in [-0.1, -0.05) is 60.2 Å². The van der Waals surface area contributed by atoms with Crippen molar-refractivity contribution in [3.8, 4) is 0 Å². The summed E-state index contributed by atoms with van der Waals surface area (Å²) in [7, 11) is 0. The molecule has 21 heavy (non-hydrogen) atoms. The van der Waals surface area contributed by atoms with Crippen LogP contribution in [0.4, 0.5) is 0 Å². The quantitative estimate of drug-likeness (QED) is 0.676. The number of aryl methyl sites for hydroxylation is 1. The zero-order valence-corrected chi connectivity index (χ0v) is 11.9. The van der Waals surface area contributed by atoms with Crippen molar-refractivity contribution in [2.24, 2.45) is 0 Å². The molecular formula is C18H18O3. The standard InChI is InChI=1S/C18H18O3/c1-14-7-10-16(11-8-14)17(19)13-21-18(20)12-9-15-5-3-2-4-6-15/h2-12,17,19H,13H2,1H3/b12-9+/t17-/m0/s1. The average Bonchev–Trinajstić information content (AvgIpc) is 2.52. The lowest BCUT2D eigenvalue weighted by Gasteiger charge is -2.10. The van der Waals surface area contributed by atoms with Crippen LogP contribution in [0.5, 0.6) is 0 Å². The summed E-state index contributed by atoms with van der Waals surface area (Å²) in [5, 5.41) is 9.94. The normalized spacial score (nSPS) is 12.3. The Kier molecular flexibility index (Phi) is 5.29. The van der Waals surface area contributed by atoms with E-state index in [1.54, 1.807) is 6.08 Å². The highest BCUT2D eigenvalue weighted by molar-refractivity contribution is 5.87. The number of carbonyl (C=O) groups is 1. The van der Waals surface area contributed by atoms with Crippen LogP contribution in [-0.2, 0) is 9.53 Å². The molecule has 2 rings (SSSR count). The number of esters is 1. The van der Waals surface area contributed by atoms with Gasteiger partial charge in [0.15, 0.2) is 0 Å². The molecule has 2 aromatic carbocycles. The molecule has 0 radical (unpaired) electrons. The van der Waals surface area contributed by atoms with Crippen LogP contribution in [0, 0.1) is 6.92 Å². The number of ether oxygens (including phenoxy) is 1. The Bertz CT molecular complexity index is 600. The number of carbonyl (C=O) groups excluding carboxylic acids is 1. The molecule has 1 atom stereocenters. The minimum Gasteiger partial charge on any atom is -0.459 e. The van der Waals surface area contributed by atoms with Gasteiger partial charge in [0.1, 0.15) is 12.7 Å². The monoisotopic (exact) mass is 282 g/mol. The number of benzene rings is 2. The molecule has 0 aliphatic rings. The van der Waals surface area contributed by atoms with Gasteiger partial charge in [-0.15, -0.1) is 0 Å². The third kappa shape index (κ3) is 4.89. The Balaban J connectivity index is 1.83. The van der Waals surface area contributed by atoms with Crippen molar-refractivity contribution in [2.45, 2.75) is 13.0 Å². The third-order valence-corrected chi connectivity index (χ3v) is 3.06. The van der Waals surface area contributed by atoms with Gasteiger partial charge in [-0.05, 0) is 24.1 Å². The first kappa shape index (κ1) is 15.0. The van der Waals surface area contributed by atoms with Gasteiger partial charge >= 0.3 is 5.97 Å². The van der Waals surface area contributed by atoms with E-state index < -0.39 is 12.1 Å². The van der Waals surface area contributed by atoms with Gasteiger partial charge in [-0.25, -0.2) is 4.79 Å². The summed E-state index contributed by atoms with van der Waals surface area (Å²) in [5.74, 6) is -0.468. The molecule has 3 nitrogen and oxygen atoms in total. The molecule has 108 valence electrons. The van der Waals surface area contributed by atoms with Crippen LogP contribution < -0.4 is 0 Å². The molecule has 0 amide bonds. The lowest BCUT2D eigenvalue weighted by Crippen LogP contribution is -2.10. The van der Waals surface area contributed by atoms with Crippen molar-refractivity contribution in [3.05, 3.63) is 77.4 Å². The summed E-state index contributed by atoms with van der Waals surface area (Å²) in [5.41, 5.74) is 2.78. The summed E-state index contributed by atoms with van der Waals surface area (Å²) in [6.07, 6.45) is 2.23. The minimum atomic E-state index is -0.806. The van der Waals surface area contributed by atoms with Crippen molar-refractivity contribution in [1.82, 2.24) is 0 Å². The predicted octanol–water partition coefficient (Wildman–Crippen LogP) is 3.29. The van der Waals surface area contributed by atoms with Gasteiger partial charge in [0.05, 0.1) is 0 Å². The second-order valence-electron chi connectivity index (χ2n) is 4.80. The van der Waals surface area contributed by atoms with E-state index in [9.17, 15) is 9.90 Å². The fraction of sp³-hybridized carbons (Fsp3) is 0.167. The van der Waals surface area contributed by atoms with Crippen LogP contribution in [0.25, 0.3) is 6.08 Å². The molecular weight excluding hydrogens is 264 g/mol. The van der Waals surface area contributed by atoms with E-state index in [1.807, 2.05) is 61.5 Å². The maximum Gasteiger partial charge on any atom is 0.330 e. The molecule has 0 saturated heterocycles. The largest absolute Gasteiger partial charge is 0.459 e. The maximum absolute atomic E-state index is 11.6. The van der Waals surface area contributed by atoms with Gasteiger partial charge in [0.25, 0.3) is 0 Å². The smallest absolute Gasteiger partial charge is 0.330 e. The van der Waals surface area contributed by atoms with E-state index in [1.165, 1.54) is 6.08 Å². The van der Waals surface area contributed by atoms with Crippen LogP contribution in [0.2, 0.25) is 0 Å². The Labute approximate surface area is 124 Å². The Morgan fingerprint density at radius 3 is 2.48 bits per heavy atom. The Hall–Kier alpha value is -2.39. The topological polar surface area (TPSA) is 46.5 Å². The van der Waals surface area contributed by atoms with Gasteiger partial charge in [0.2, 0.25) is 0 Å². The zero-order chi connectivity index (χ0) is 15.1. The molecule has 0 saturated carbocycles. The molecule has 2 aromatic rings. The molecule has 0 aliphatic heterocycles. The Morgan fingerprint density at radius 2 is 1.81 bits per heavy atom. The zero-order valence-electron chi connectivity index (χ0n) is 11.9. The highest BCUT2D eigenvalue weighted by atomic mass is 16.5. The van der Waals surface area contributed by atoms with E-state index in [2.05, 4.69) is 0 Å². The van der Waals surface area contributed by atoms with Crippen molar-refractivity contribution in [3.63, 3.8) is 0 Å². The number of hydrogen-bond donors (Lipinski definition) is 1. The second-order valence-corrected chi connectivity index (χ2v) is 4.80. The van der Waals surface area contributed by atoms with Crippen LogP contribution in [0.15, 0.2) is 60.7 Å². The third-order valence-electron chi connectivity index (χ3n) is 3.06. The van der Waals surface area contributed by atoms with Crippen molar-refractivity contribution in [2.75, 3.05) is 6.61 Å². The second kappa shape index (κ2) is 7.41. The first-order valence-corrected chi connectivity index (χ1v) is 6.79. The van der Waals surface area contributed by atoms with E-state index in [-0.39, 0.29) is 6.61 Å². The van der Waals surface area contributed by atoms with Crippen LogP contribution >= 0.6 is 0 Å². The van der Waals surface area contributed by atoms with Crippen LogP contribution in [-0.4, -0.2) is 17.7 Å². The first-order valence-electron chi connectivity index (χ1n) is 6.79. The fourth-order valence-corrected chi connectivity index (χ4v) is 1.82. The van der Waals surface area contributed by atoms with Gasteiger partial charge in [-0.3, -0.25) is 0 Å². The lowest BCUT2D eigenvalue weighted by atomic mass is 10.1. The average molecular weight is 282 g/mol. The summed E-state index contributed by atoms with van der Waals surface area (Å²) in [6, 6.07) is 17.0. The molecule has 0 aromatic heterocycles. The molecule has 3 heteroatoms. The summed E-state index contributed by atoms with van der Waals surface area (Å²) in [4.78, 5) is 11.6. The maximum atomic E-state index is 11.6. The van der Waals surface area contributed by atoms with E-state index in [0.29, 0.717) is 0 Å². The highest BCUT2D eigenvalue weighted by Gasteiger charge is 2.09. The number of rotatable bonds is 5. The fourth-order valence-electron chi connectivity index (χ4n) is 1.82. The number of aliphatic hydroxyl groups is 1. The van der Waals surface area contributed by atoms with E-state index in [4.69, 9.17) is 4.74 Å². The lowest BCUT2D eigenvalue weighted by molar-refractivity contribution is -0.140. The summed E-state index contributed by atoms with van der Waals surface area (Å²) >= 11 is 0. The first-order chi connectivity index (χ1) is 10.1. The highest BCUT2D eigenvalue weighted by Crippen LogP contribution is 2.14. The molecule has 0 fully saturated rings. The molecule has 0 spiro atoms. The number of aliphatic hydroxyl groups excluding tert-OH is 1.